The Morgan fingerprint density at radius 1 is 0.952 bits per heavy atom. The van der Waals surface area contributed by atoms with Gasteiger partial charge in [-0.1, -0.05) is 12.8 Å². The van der Waals surface area contributed by atoms with Gasteiger partial charge in [0, 0.05) is 17.6 Å². The van der Waals surface area contributed by atoms with Crippen molar-refractivity contribution in [3.05, 3.63) is 0 Å². The van der Waals surface area contributed by atoms with E-state index in [1.54, 1.807) is 0 Å². The number of amides is 2. The van der Waals surface area contributed by atoms with Crippen molar-refractivity contribution in [3.63, 3.8) is 0 Å². The second-order valence-electron chi connectivity index (χ2n) is 8.35. The van der Waals surface area contributed by atoms with E-state index in [9.17, 15) is 4.79 Å². The van der Waals surface area contributed by atoms with Gasteiger partial charge in [0.2, 0.25) is 0 Å². The van der Waals surface area contributed by atoms with Crippen LogP contribution < -0.4 is 16.4 Å². The second-order valence-corrected chi connectivity index (χ2v) is 8.35. The van der Waals surface area contributed by atoms with E-state index in [1.165, 1.54) is 51.4 Å². The summed E-state index contributed by atoms with van der Waals surface area (Å²) in [5.74, 6) is 2.61. The molecule has 4 nitrogen and oxygen atoms in total. The highest BCUT2D eigenvalue weighted by Gasteiger charge is 2.51. The summed E-state index contributed by atoms with van der Waals surface area (Å²) in [5.41, 5.74) is 6.25. The van der Waals surface area contributed by atoms with E-state index in [1.807, 2.05) is 0 Å². The normalized spacial score (nSPS) is 48.1. The van der Waals surface area contributed by atoms with Crippen LogP contribution in [0.2, 0.25) is 0 Å². The lowest BCUT2D eigenvalue weighted by Gasteiger charge is -2.56. The van der Waals surface area contributed by atoms with Crippen molar-refractivity contribution < 1.29 is 4.79 Å². The summed E-state index contributed by atoms with van der Waals surface area (Å²) in [6, 6.07) is 0.354. The molecule has 4 N–H and O–H groups in total. The predicted octanol–water partition coefficient (Wildman–Crippen LogP) is 2.52. The van der Waals surface area contributed by atoms with Gasteiger partial charge in [-0.05, 0) is 69.1 Å². The van der Waals surface area contributed by atoms with E-state index in [4.69, 9.17) is 5.73 Å². The summed E-state index contributed by atoms with van der Waals surface area (Å²) in [5, 5.41) is 6.56. The molecule has 4 bridgehead atoms. The van der Waals surface area contributed by atoms with Gasteiger partial charge in [0.1, 0.15) is 0 Å². The van der Waals surface area contributed by atoms with Crippen LogP contribution in [0.4, 0.5) is 4.79 Å². The quantitative estimate of drug-likeness (QED) is 0.732. The molecule has 0 aromatic heterocycles. The summed E-state index contributed by atoms with van der Waals surface area (Å²) >= 11 is 0. The third kappa shape index (κ3) is 2.67. The van der Waals surface area contributed by atoms with Crippen LogP contribution in [0, 0.1) is 17.8 Å². The van der Waals surface area contributed by atoms with Crippen molar-refractivity contribution in [3.8, 4) is 0 Å². The Hall–Kier alpha value is -0.770. The highest BCUT2D eigenvalue weighted by atomic mass is 16.2. The van der Waals surface area contributed by atoms with Crippen LogP contribution in [0.15, 0.2) is 0 Å². The number of rotatable bonds is 2. The number of hydrogen-bond acceptors (Lipinski definition) is 2. The molecule has 2 amide bonds. The summed E-state index contributed by atoms with van der Waals surface area (Å²) in [6.07, 6.45) is 12.3. The molecule has 5 aliphatic rings. The molecule has 0 aromatic carbocycles. The molecule has 118 valence electrons. The molecular weight excluding hydrogens is 262 g/mol. The summed E-state index contributed by atoms with van der Waals surface area (Å²) < 4.78 is 0. The lowest BCUT2D eigenvalue weighted by molar-refractivity contribution is -0.0137. The van der Waals surface area contributed by atoms with Crippen molar-refractivity contribution in [1.29, 1.82) is 0 Å². The Labute approximate surface area is 127 Å². The molecular formula is C17H29N3O. The molecule has 2 atom stereocenters. The minimum Gasteiger partial charge on any atom is -0.334 e. The number of carbonyl (C=O) groups is 1. The summed E-state index contributed by atoms with van der Waals surface area (Å²) in [7, 11) is 0. The number of hydrogen-bond donors (Lipinski definition) is 3. The molecule has 0 saturated heterocycles. The van der Waals surface area contributed by atoms with Crippen molar-refractivity contribution in [1.82, 2.24) is 10.6 Å². The molecule has 2 unspecified atom stereocenters. The summed E-state index contributed by atoms with van der Waals surface area (Å²) in [6.45, 7) is 0. The molecule has 5 aliphatic carbocycles. The van der Waals surface area contributed by atoms with E-state index in [0.717, 1.165) is 30.6 Å². The molecule has 0 aliphatic heterocycles. The third-order valence-electron chi connectivity index (χ3n) is 6.55. The Morgan fingerprint density at radius 3 is 2.10 bits per heavy atom. The maximum Gasteiger partial charge on any atom is 0.315 e. The fourth-order valence-corrected chi connectivity index (χ4v) is 6.05. The Bertz CT molecular complexity index is 387. The van der Waals surface area contributed by atoms with Crippen LogP contribution in [-0.2, 0) is 0 Å². The number of carbonyl (C=O) groups excluding carboxylic acids is 1. The Kier molecular flexibility index (Phi) is 3.40. The van der Waals surface area contributed by atoms with Gasteiger partial charge in [-0.25, -0.2) is 4.79 Å². The zero-order valence-electron chi connectivity index (χ0n) is 12.9. The van der Waals surface area contributed by atoms with E-state index in [0.29, 0.717) is 0 Å². The van der Waals surface area contributed by atoms with E-state index in [-0.39, 0.29) is 23.7 Å². The zero-order chi connectivity index (χ0) is 14.4. The van der Waals surface area contributed by atoms with Gasteiger partial charge in [-0.3, -0.25) is 0 Å². The standard InChI is InChI=1S/C17H29N3O/c18-14-3-1-2-4-15(14)19-16(21)20-17-8-11-5-12(9-17)7-13(6-11)10-17/h11-15H,1-10,18H2,(H2,19,20,21). The van der Waals surface area contributed by atoms with Gasteiger partial charge in [0.25, 0.3) is 0 Å². The minimum absolute atomic E-state index is 0.0410. The molecule has 5 fully saturated rings. The van der Waals surface area contributed by atoms with Crippen molar-refractivity contribution in [2.24, 2.45) is 23.5 Å². The summed E-state index contributed by atoms with van der Waals surface area (Å²) in [4.78, 5) is 12.5. The van der Waals surface area contributed by atoms with Gasteiger partial charge < -0.3 is 16.4 Å². The van der Waals surface area contributed by atoms with E-state index in [2.05, 4.69) is 10.6 Å². The third-order valence-corrected chi connectivity index (χ3v) is 6.55. The molecule has 5 rings (SSSR count). The van der Waals surface area contributed by atoms with Crippen LogP contribution in [0.3, 0.4) is 0 Å². The van der Waals surface area contributed by atoms with Crippen LogP contribution in [0.1, 0.15) is 64.2 Å². The molecule has 0 spiro atoms. The van der Waals surface area contributed by atoms with Crippen molar-refractivity contribution >= 4 is 6.03 Å². The first-order chi connectivity index (χ1) is 10.1. The van der Waals surface area contributed by atoms with Crippen LogP contribution in [0.5, 0.6) is 0 Å². The highest BCUT2D eigenvalue weighted by Crippen LogP contribution is 2.55. The first-order valence-electron chi connectivity index (χ1n) is 8.96. The average molecular weight is 291 g/mol. The lowest BCUT2D eigenvalue weighted by Crippen LogP contribution is -2.63. The topological polar surface area (TPSA) is 67.1 Å². The molecule has 0 heterocycles. The maximum atomic E-state index is 12.5. The smallest absolute Gasteiger partial charge is 0.315 e. The van der Waals surface area contributed by atoms with Gasteiger partial charge in [-0.2, -0.15) is 0 Å². The number of urea groups is 1. The largest absolute Gasteiger partial charge is 0.334 e. The average Bonchev–Trinajstić information content (AvgIpc) is 2.39. The number of nitrogens with two attached hydrogens (primary N) is 1. The first-order valence-corrected chi connectivity index (χ1v) is 8.96. The highest BCUT2D eigenvalue weighted by molar-refractivity contribution is 5.75. The van der Waals surface area contributed by atoms with Crippen LogP contribution in [0.25, 0.3) is 0 Å². The Morgan fingerprint density at radius 2 is 1.52 bits per heavy atom. The molecule has 4 heteroatoms. The van der Waals surface area contributed by atoms with Gasteiger partial charge >= 0.3 is 6.03 Å². The van der Waals surface area contributed by atoms with Crippen molar-refractivity contribution in [2.45, 2.75) is 81.8 Å². The van der Waals surface area contributed by atoms with Crippen molar-refractivity contribution in [2.75, 3.05) is 0 Å². The predicted molar refractivity (Wildman–Crippen MR) is 82.8 cm³/mol. The molecule has 5 saturated carbocycles. The maximum absolute atomic E-state index is 12.5. The zero-order valence-corrected chi connectivity index (χ0v) is 12.9. The number of nitrogens with one attached hydrogen (secondary N) is 2. The molecule has 21 heavy (non-hydrogen) atoms. The fourth-order valence-electron chi connectivity index (χ4n) is 6.05. The second kappa shape index (κ2) is 5.15. The molecule has 0 radical (unpaired) electrons. The SMILES string of the molecule is NC1CCCCC1NC(=O)NC12CC3CC(CC(C3)C1)C2. The monoisotopic (exact) mass is 291 g/mol. The van der Waals surface area contributed by atoms with E-state index >= 15 is 0 Å². The van der Waals surface area contributed by atoms with Gasteiger partial charge in [0.15, 0.2) is 0 Å². The van der Waals surface area contributed by atoms with Crippen LogP contribution >= 0.6 is 0 Å². The molecule has 0 aromatic rings. The Balaban J connectivity index is 1.38. The van der Waals surface area contributed by atoms with E-state index < -0.39 is 0 Å². The van der Waals surface area contributed by atoms with Crippen LogP contribution in [-0.4, -0.2) is 23.7 Å². The van der Waals surface area contributed by atoms with Gasteiger partial charge in [-0.15, -0.1) is 0 Å². The first kappa shape index (κ1) is 13.9. The van der Waals surface area contributed by atoms with Gasteiger partial charge in [0.05, 0.1) is 0 Å². The fraction of sp³-hybridized carbons (Fsp3) is 0.941. The minimum atomic E-state index is 0.0410. The lowest BCUT2D eigenvalue weighted by atomic mass is 9.53.